The van der Waals surface area contributed by atoms with Gasteiger partial charge in [0.2, 0.25) is 0 Å². The van der Waals surface area contributed by atoms with Crippen molar-refractivity contribution >= 4 is 23.5 Å². The van der Waals surface area contributed by atoms with E-state index in [2.05, 4.69) is 20.6 Å². The van der Waals surface area contributed by atoms with Crippen LogP contribution in [0.3, 0.4) is 0 Å². The predicted octanol–water partition coefficient (Wildman–Crippen LogP) is 1.55. The molecule has 3 rings (SSSR count). The van der Waals surface area contributed by atoms with Crippen LogP contribution in [0.2, 0.25) is 0 Å². The van der Waals surface area contributed by atoms with Crippen molar-refractivity contribution in [2.24, 2.45) is 5.92 Å². The summed E-state index contributed by atoms with van der Waals surface area (Å²) in [6.45, 7) is 0.389. The Balaban J connectivity index is 1.62. The maximum Gasteiger partial charge on any atom is 0.251 e. The average molecular weight is 396 g/mol. The second-order valence-corrected chi connectivity index (χ2v) is 7.72. The number of nitrogens with one attached hydrogen (secondary N) is 2. The summed E-state index contributed by atoms with van der Waals surface area (Å²) in [7, 11) is 7.52. The molecule has 0 bridgehead atoms. The third-order valence-corrected chi connectivity index (χ3v) is 4.92. The minimum atomic E-state index is -0.172. The molecule has 0 spiro atoms. The van der Waals surface area contributed by atoms with Crippen molar-refractivity contribution in [2.45, 2.75) is 18.9 Å². The van der Waals surface area contributed by atoms with Gasteiger partial charge in [-0.3, -0.25) is 9.59 Å². The molecule has 1 unspecified atom stereocenters. The molecule has 154 valence electrons. The second kappa shape index (κ2) is 8.89. The van der Waals surface area contributed by atoms with Gasteiger partial charge in [0.1, 0.15) is 11.6 Å². The zero-order chi connectivity index (χ0) is 21.0. The summed E-state index contributed by atoms with van der Waals surface area (Å²) >= 11 is 0. The summed E-state index contributed by atoms with van der Waals surface area (Å²) in [4.78, 5) is 37.4. The molecule has 2 aromatic heterocycles. The first-order chi connectivity index (χ1) is 13.8. The van der Waals surface area contributed by atoms with Crippen molar-refractivity contribution in [3.05, 3.63) is 47.8 Å². The van der Waals surface area contributed by atoms with Crippen LogP contribution in [0.25, 0.3) is 0 Å². The summed E-state index contributed by atoms with van der Waals surface area (Å²) in [5.41, 5.74) is 1.11. The highest BCUT2D eigenvalue weighted by Crippen LogP contribution is 2.32. The summed E-state index contributed by atoms with van der Waals surface area (Å²) in [5, 5.41) is 6.03. The lowest BCUT2D eigenvalue weighted by atomic mass is 10.1. The van der Waals surface area contributed by atoms with E-state index in [0.29, 0.717) is 23.6 Å². The van der Waals surface area contributed by atoms with E-state index in [1.165, 1.54) is 0 Å². The van der Waals surface area contributed by atoms with Gasteiger partial charge in [-0.25, -0.2) is 9.97 Å². The van der Waals surface area contributed by atoms with Crippen LogP contribution in [0.5, 0.6) is 0 Å². The Bertz CT molecular complexity index is 879. The lowest BCUT2D eigenvalue weighted by Crippen LogP contribution is -2.45. The number of hydrogen-bond acceptors (Lipinski definition) is 6. The Morgan fingerprint density at radius 3 is 1.97 bits per heavy atom. The SMILES string of the molecule is CN(C)c1cc(C(=O)NCC(NC(=O)c2ccnc(N(C)C)c2)C2CC2)ccn1. The first-order valence-electron chi connectivity index (χ1n) is 9.71. The second-order valence-electron chi connectivity index (χ2n) is 7.72. The zero-order valence-corrected chi connectivity index (χ0v) is 17.3. The van der Waals surface area contributed by atoms with Gasteiger partial charge in [0, 0.05) is 64.3 Å². The molecule has 2 amide bonds. The highest BCUT2D eigenvalue weighted by molar-refractivity contribution is 5.96. The molecule has 0 aliphatic heterocycles. The summed E-state index contributed by atoms with van der Waals surface area (Å²) in [6.07, 6.45) is 5.36. The number of aromatic nitrogens is 2. The van der Waals surface area contributed by atoms with E-state index in [0.717, 1.165) is 24.5 Å². The Morgan fingerprint density at radius 2 is 1.48 bits per heavy atom. The van der Waals surface area contributed by atoms with Crippen LogP contribution < -0.4 is 20.4 Å². The normalized spacial score (nSPS) is 14.1. The number of amides is 2. The highest BCUT2D eigenvalue weighted by Gasteiger charge is 2.32. The molecule has 29 heavy (non-hydrogen) atoms. The first-order valence-corrected chi connectivity index (χ1v) is 9.71. The van der Waals surface area contributed by atoms with E-state index in [1.807, 2.05) is 38.0 Å². The van der Waals surface area contributed by atoms with Crippen LogP contribution in [0, 0.1) is 5.92 Å². The zero-order valence-electron chi connectivity index (χ0n) is 17.3. The highest BCUT2D eigenvalue weighted by atomic mass is 16.2. The van der Waals surface area contributed by atoms with Gasteiger partial charge in [-0.15, -0.1) is 0 Å². The van der Waals surface area contributed by atoms with Crippen LogP contribution in [0.15, 0.2) is 36.7 Å². The number of pyridine rings is 2. The van der Waals surface area contributed by atoms with Crippen molar-refractivity contribution in [1.82, 2.24) is 20.6 Å². The van der Waals surface area contributed by atoms with E-state index < -0.39 is 0 Å². The quantitative estimate of drug-likeness (QED) is 0.704. The number of carbonyl (C=O) groups excluding carboxylic acids is 2. The van der Waals surface area contributed by atoms with Crippen LogP contribution >= 0.6 is 0 Å². The van der Waals surface area contributed by atoms with Gasteiger partial charge in [-0.05, 0) is 43.0 Å². The Morgan fingerprint density at radius 1 is 0.966 bits per heavy atom. The lowest BCUT2D eigenvalue weighted by molar-refractivity contribution is 0.0903. The largest absolute Gasteiger partial charge is 0.363 e. The molecular formula is C21H28N6O2. The van der Waals surface area contributed by atoms with E-state index >= 15 is 0 Å². The molecule has 8 heteroatoms. The van der Waals surface area contributed by atoms with E-state index in [9.17, 15) is 9.59 Å². The fourth-order valence-electron chi connectivity index (χ4n) is 3.00. The molecule has 2 heterocycles. The molecule has 1 saturated carbocycles. The Hall–Kier alpha value is -3.16. The molecule has 1 fully saturated rings. The maximum atomic E-state index is 12.7. The number of hydrogen-bond donors (Lipinski definition) is 2. The summed E-state index contributed by atoms with van der Waals surface area (Å²) in [5.74, 6) is 1.52. The van der Waals surface area contributed by atoms with Crippen molar-refractivity contribution < 1.29 is 9.59 Å². The van der Waals surface area contributed by atoms with Gasteiger partial charge in [-0.2, -0.15) is 0 Å². The molecule has 1 atom stereocenters. The van der Waals surface area contributed by atoms with Crippen LogP contribution in [0.4, 0.5) is 11.6 Å². The summed E-state index contributed by atoms with van der Waals surface area (Å²) < 4.78 is 0. The Kier molecular flexibility index (Phi) is 6.31. The van der Waals surface area contributed by atoms with Crippen molar-refractivity contribution in [1.29, 1.82) is 0 Å². The number of rotatable bonds is 8. The van der Waals surface area contributed by atoms with Crippen LogP contribution in [-0.2, 0) is 0 Å². The molecule has 0 saturated heterocycles. The third kappa shape index (κ3) is 5.43. The lowest BCUT2D eigenvalue weighted by Gasteiger charge is -2.20. The molecule has 0 radical (unpaired) electrons. The molecule has 1 aliphatic carbocycles. The topological polar surface area (TPSA) is 90.5 Å². The fourth-order valence-corrected chi connectivity index (χ4v) is 3.00. The number of nitrogens with zero attached hydrogens (tertiary/aromatic N) is 4. The molecular weight excluding hydrogens is 368 g/mol. The van der Waals surface area contributed by atoms with Gasteiger partial charge in [0.25, 0.3) is 11.8 Å². The fraction of sp³-hybridized carbons (Fsp3) is 0.429. The van der Waals surface area contributed by atoms with Gasteiger partial charge in [0.15, 0.2) is 0 Å². The molecule has 2 aromatic rings. The first kappa shape index (κ1) is 20.6. The smallest absolute Gasteiger partial charge is 0.251 e. The minimum Gasteiger partial charge on any atom is -0.363 e. The van der Waals surface area contributed by atoms with Gasteiger partial charge >= 0.3 is 0 Å². The van der Waals surface area contributed by atoms with Crippen LogP contribution in [0.1, 0.15) is 33.6 Å². The van der Waals surface area contributed by atoms with Crippen molar-refractivity contribution in [2.75, 3.05) is 44.5 Å². The third-order valence-electron chi connectivity index (χ3n) is 4.92. The predicted molar refractivity (Wildman–Crippen MR) is 113 cm³/mol. The molecule has 0 aromatic carbocycles. The minimum absolute atomic E-state index is 0.0995. The van der Waals surface area contributed by atoms with Gasteiger partial charge in [-0.1, -0.05) is 0 Å². The van der Waals surface area contributed by atoms with E-state index in [-0.39, 0.29) is 17.9 Å². The van der Waals surface area contributed by atoms with Crippen molar-refractivity contribution in [3.8, 4) is 0 Å². The molecule has 1 aliphatic rings. The average Bonchev–Trinajstić information content (AvgIpc) is 3.56. The van der Waals surface area contributed by atoms with Gasteiger partial charge in [0.05, 0.1) is 0 Å². The number of anilines is 2. The van der Waals surface area contributed by atoms with E-state index in [1.54, 1.807) is 36.7 Å². The van der Waals surface area contributed by atoms with Gasteiger partial charge < -0.3 is 20.4 Å². The van der Waals surface area contributed by atoms with Crippen LogP contribution in [-0.4, -0.2) is 62.6 Å². The Labute approximate surface area is 171 Å². The summed E-state index contributed by atoms with van der Waals surface area (Å²) in [6, 6.07) is 6.80. The number of carbonyl (C=O) groups is 2. The monoisotopic (exact) mass is 396 g/mol. The van der Waals surface area contributed by atoms with E-state index in [4.69, 9.17) is 0 Å². The van der Waals surface area contributed by atoms with Crippen molar-refractivity contribution in [3.63, 3.8) is 0 Å². The molecule has 2 N–H and O–H groups in total. The standard InChI is InChI=1S/C21H28N6O2/c1-26(2)18-11-15(7-9-22-18)20(28)24-13-17(14-5-6-14)25-21(29)16-8-10-23-19(12-16)27(3)4/h7-12,14,17H,5-6,13H2,1-4H3,(H,24,28)(H,25,29). The maximum absolute atomic E-state index is 12.7. The molecule has 8 nitrogen and oxygen atoms in total.